The van der Waals surface area contributed by atoms with Crippen molar-refractivity contribution in [3.8, 4) is 0 Å². The van der Waals surface area contributed by atoms with Gasteiger partial charge in [-0.3, -0.25) is 9.59 Å². The van der Waals surface area contributed by atoms with Gasteiger partial charge in [0.1, 0.15) is 5.69 Å². The molecule has 6 nitrogen and oxygen atoms in total. The summed E-state index contributed by atoms with van der Waals surface area (Å²) in [6.07, 6.45) is 2.77. The van der Waals surface area contributed by atoms with Crippen LogP contribution in [-0.2, 0) is 13.0 Å². The molecule has 0 atom stereocenters. The Balaban J connectivity index is 1.82. The second-order valence-electron chi connectivity index (χ2n) is 8.17. The molecular formula is C22H30N4O2. The van der Waals surface area contributed by atoms with E-state index in [1.54, 1.807) is 0 Å². The number of anilines is 1. The Kier molecular flexibility index (Phi) is 6.17. The van der Waals surface area contributed by atoms with E-state index in [0.717, 1.165) is 37.2 Å². The van der Waals surface area contributed by atoms with Crippen molar-refractivity contribution in [3.05, 3.63) is 47.0 Å². The van der Waals surface area contributed by atoms with Crippen LogP contribution in [0, 0.1) is 5.92 Å². The number of nitrogens with zero attached hydrogens (tertiary/aromatic N) is 2. The number of benzene rings is 1. The standard InChI is InChI=1S/C22H30N4O2/c1-14(2)13-23-21(27)19-18-7-5-6-12-26(18)20(25-19)22(28)24-17-10-8-16(9-11-17)15(3)4/h8-11,14-15H,5-7,12-13H2,1-4H3,(H,23,27)(H,24,28). The smallest absolute Gasteiger partial charge is 0.291 e. The fourth-order valence-corrected chi connectivity index (χ4v) is 3.42. The molecule has 1 aliphatic rings. The number of fused-ring (bicyclic) bond motifs is 1. The number of hydrogen-bond donors (Lipinski definition) is 2. The topological polar surface area (TPSA) is 76.0 Å². The molecule has 150 valence electrons. The van der Waals surface area contributed by atoms with Crippen molar-refractivity contribution in [2.45, 2.75) is 59.4 Å². The molecule has 1 aromatic heterocycles. The lowest BCUT2D eigenvalue weighted by atomic mass is 10.0. The van der Waals surface area contributed by atoms with Crippen LogP contribution in [0.4, 0.5) is 5.69 Å². The third-order valence-corrected chi connectivity index (χ3v) is 5.04. The van der Waals surface area contributed by atoms with Gasteiger partial charge in [0, 0.05) is 18.8 Å². The molecule has 0 saturated heterocycles. The predicted octanol–water partition coefficient (Wildman–Crippen LogP) is 3.98. The van der Waals surface area contributed by atoms with Crippen LogP contribution in [0.25, 0.3) is 0 Å². The molecule has 0 spiro atoms. The van der Waals surface area contributed by atoms with Crippen LogP contribution in [0.2, 0.25) is 0 Å². The number of aromatic nitrogens is 2. The number of imidazole rings is 1. The van der Waals surface area contributed by atoms with Crippen molar-refractivity contribution in [1.82, 2.24) is 14.9 Å². The van der Waals surface area contributed by atoms with Gasteiger partial charge in [-0.05, 0) is 48.8 Å². The Morgan fingerprint density at radius 1 is 1.07 bits per heavy atom. The van der Waals surface area contributed by atoms with E-state index >= 15 is 0 Å². The quantitative estimate of drug-likeness (QED) is 0.793. The predicted molar refractivity (Wildman–Crippen MR) is 111 cm³/mol. The molecule has 2 amide bonds. The van der Waals surface area contributed by atoms with E-state index in [0.29, 0.717) is 29.9 Å². The summed E-state index contributed by atoms with van der Waals surface area (Å²) < 4.78 is 1.91. The number of carbonyl (C=O) groups is 2. The van der Waals surface area contributed by atoms with E-state index in [1.165, 1.54) is 5.56 Å². The molecule has 3 rings (SSSR count). The highest BCUT2D eigenvalue weighted by Gasteiger charge is 2.27. The summed E-state index contributed by atoms with van der Waals surface area (Å²) in [7, 11) is 0. The molecule has 2 heterocycles. The average molecular weight is 383 g/mol. The molecular weight excluding hydrogens is 352 g/mol. The molecule has 2 aromatic rings. The molecule has 1 aromatic carbocycles. The molecule has 0 fully saturated rings. The first-order chi connectivity index (χ1) is 13.4. The first kappa shape index (κ1) is 20.1. The van der Waals surface area contributed by atoms with E-state index < -0.39 is 0 Å². The number of hydrogen-bond acceptors (Lipinski definition) is 3. The maximum absolute atomic E-state index is 12.9. The van der Waals surface area contributed by atoms with Gasteiger partial charge < -0.3 is 15.2 Å². The first-order valence-corrected chi connectivity index (χ1v) is 10.2. The van der Waals surface area contributed by atoms with Gasteiger partial charge in [-0.25, -0.2) is 4.98 Å². The van der Waals surface area contributed by atoms with Gasteiger partial charge >= 0.3 is 0 Å². The molecule has 0 saturated carbocycles. The molecule has 28 heavy (non-hydrogen) atoms. The molecule has 0 radical (unpaired) electrons. The number of amides is 2. The Morgan fingerprint density at radius 2 is 1.79 bits per heavy atom. The van der Waals surface area contributed by atoms with Crippen LogP contribution < -0.4 is 10.6 Å². The summed E-state index contributed by atoms with van der Waals surface area (Å²) in [4.78, 5) is 29.9. The summed E-state index contributed by atoms with van der Waals surface area (Å²) in [5.74, 6) is 0.648. The minimum atomic E-state index is -0.275. The SMILES string of the molecule is CC(C)CNC(=O)c1nc(C(=O)Nc2ccc(C(C)C)cc2)n2c1CCCC2. The van der Waals surface area contributed by atoms with Crippen molar-refractivity contribution >= 4 is 17.5 Å². The molecule has 0 unspecified atom stereocenters. The van der Waals surface area contributed by atoms with E-state index in [2.05, 4.69) is 29.5 Å². The molecule has 2 N–H and O–H groups in total. The fourth-order valence-electron chi connectivity index (χ4n) is 3.42. The van der Waals surface area contributed by atoms with Crippen LogP contribution in [0.1, 0.15) is 78.8 Å². The summed E-state index contributed by atoms with van der Waals surface area (Å²) in [6, 6.07) is 7.85. The van der Waals surface area contributed by atoms with Gasteiger partial charge in [-0.15, -0.1) is 0 Å². The number of rotatable bonds is 6. The van der Waals surface area contributed by atoms with Gasteiger partial charge in [0.25, 0.3) is 11.8 Å². The zero-order valence-corrected chi connectivity index (χ0v) is 17.2. The number of carbonyl (C=O) groups excluding carboxylic acids is 2. The first-order valence-electron chi connectivity index (χ1n) is 10.2. The summed E-state index contributed by atoms with van der Waals surface area (Å²) in [5.41, 5.74) is 3.21. The minimum absolute atomic E-state index is 0.195. The third kappa shape index (κ3) is 4.43. The zero-order valence-electron chi connectivity index (χ0n) is 17.2. The van der Waals surface area contributed by atoms with Crippen LogP contribution in [-0.4, -0.2) is 27.9 Å². The van der Waals surface area contributed by atoms with Crippen LogP contribution >= 0.6 is 0 Å². The van der Waals surface area contributed by atoms with Gasteiger partial charge in [0.2, 0.25) is 0 Å². The summed E-state index contributed by atoms with van der Waals surface area (Å²) in [5, 5.41) is 5.84. The second-order valence-corrected chi connectivity index (χ2v) is 8.17. The summed E-state index contributed by atoms with van der Waals surface area (Å²) in [6.45, 7) is 9.68. The summed E-state index contributed by atoms with van der Waals surface area (Å²) >= 11 is 0. The second kappa shape index (κ2) is 8.59. The largest absolute Gasteiger partial charge is 0.350 e. The Hall–Kier alpha value is -2.63. The van der Waals surface area contributed by atoms with Crippen LogP contribution in [0.3, 0.4) is 0 Å². The lowest BCUT2D eigenvalue weighted by Gasteiger charge is -2.17. The Labute approximate surface area is 166 Å². The minimum Gasteiger partial charge on any atom is -0.350 e. The molecule has 0 bridgehead atoms. The Bertz CT molecular complexity index is 850. The number of nitrogens with one attached hydrogen (secondary N) is 2. The van der Waals surface area contributed by atoms with E-state index in [4.69, 9.17) is 0 Å². The molecule has 1 aliphatic heterocycles. The van der Waals surface area contributed by atoms with E-state index in [-0.39, 0.29) is 11.8 Å². The van der Waals surface area contributed by atoms with Crippen LogP contribution in [0.5, 0.6) is 0 Å². The van der Waals surface area contributed by atoms with Gasteiger partial charge in [-0.1, -0.05) is 39.8 Å². The van der Waals surface area contributed by atoms with Crippen molar-refractivity contribution in [2.75, 3.05) is 11.9 Å². The van der Waals surface area contributed by atoms with Crippen molar-refractivity contribution in [2.24, 2.45) is 5.92 Å². The van der Waals surface area contributed by atoms with Crippen molar-refractivity contribution in [3.63, 3.8) is 0 Å². The van der Waals surface area contributed by atoms with Crippen molar-refractivity contribution in [1.29, 1.82) is 0 Å². The monoisotopic (exact) mass is 382 g/mol. The average Bonchev–Trinajstić information content (AvgIpc) is 3.06. The maximum Gasteiger partial charge on any atom is 0.291 e. The van der Waals surface area contributed by atoms with Gasteiger partial charge in [0.15, 0.2) is 5.82 Å². The molecule has 6 heteroatoms. The van der Waals surface area contributed by atoms with E-state index in [9.17, 15) is 9.59 Å². The molecule has 0 aliphatic carbocycles. The van der Waals surface area contributed by atoms with Crippen molar-refractivity contribution < 1.29 is 9.59 Å². The Morgan fingerprint density at radius 3 is 2.43 bits per heavy atom. The third-order valence-electron chi connectivity index (χ3n) is 5.04. The lowest BCUT2D eigenvalue weighted by Crippen LogP contribution is -2.29. The zero-order chi connectivity index (χ0) is 20.3. The maximum atomic E-state index is 12.9. The van der Waals surface area contributed by atoms with Gasteiger partial charge in [0.05, 0.1) is 5.69 Å². The fraction of sp³-hybridized carbons (Fsp3) is 0.500. The van der Waals surface area contributed by atoms with Gasteiger partial charge in [-0.2, -0.15) is 0 Å². The lowest BCUT2D eigenvalue weighted by molar-refractivity contribution is 0.0943. The van der Waals surface area contributed by atoms with E-state index in [1.807, 2.05) is 42.7 Å². The highest BCUT2D eigenvalue weighted by atomic mass is 16.2. The van der Waals surface area contributed by atoms with Crippen LogP contribution in [0.15, 0.2) is 24.3 Å². The highest BCUT2D eigenvalue weighted by Crippen LogP contribution is 2.23. The normalized spacial score (nSPS) is 13.5. The highest BCUT2D eigenvalue weighted by molar-refractivity contribution is 6.03.